The predicted octanol–water partition coefficient (Wildman–Crippen LogP) is 6.26. The molecule has 0 aliphatic rings. The number of para-hydroxylation sites is 1. The van der Waals surface area contributed by atoms with Crippen LogP contribution in [0, 0.1) is 11.7 Å². The summed E-state index contributed by atoms with van der Waals surface area (Å²) in [6.45, 7) is 8.45. The number of nitrogens with one attached hydrogen (secondary N) is 2. The van der Waals surface area contributed by atoms with E-state index in [2.05, 4.69) is 35.9 Å². The quantitative estimate of drug-likeness (QED) is 0.349. The van der Waals surface area contributed by atoms with Gasteiger partial charge < -0.3 is 15.8 Å². The fourth-order valence-electron chi connectivity index (χ4n) is 3.58. The van der Waals surface area contributed by atoms with Gasteiger partial charge in [-0.3, -0.25) is 4.79 Å². The van der Waals surface area contributed by atoms with E-state index in [4.69, 9.17) is 10.5 Å². The van der Waals surface area contributed by atoms with Gasteiger partial charge in [-0.05, 0) is 60.7 Å². The van der Waals surface area contributed by atoms with Crippen molar-refractivity contribution in [3.05, 3.63) is 76.8 Å². The summed E-state index contributed by atoms with van der Waals surface area (Å²) >= 11 is 0. The lowest BCUT2D eigenvalue weighted by Crippen LogP contribution is -2.20. The molecule has 0 aliphatic heterocycles. The van der Waals surface area contributed by atoms with Gasteiger partial charge in [-0.1, -0.05) is 45.4 Å². The van der Waals surface area contributed by atoms with Crippen molar-refractivity contribution in [2.75, 3.05) is 11.1 Å². The molecule has 1 aromatic heterocycles. The number of aromatic amines is 1. The number of nitrogen functional groups attached to an aromatic ring is 1. The van der Waals surface area contributed by atoms with Crippen molar-refractivity contribution >= 4 is 22.8 Å². The number of rotatable bonds is 10. The van der Waals surface area contributed by atoms with Crippen LogP contribution in [0.15, 0.2) is 59.9 Å². The zero-order valence-corrected chi connectivity index (χ0v) is 18.5. The van der Waals surface area contributed by atoms with E-state index in [9.17, 15) is 9.18 Å². The highest BCUT2D eigenvalue weighted by molar-refractivity contribution is 5.84. The van der Waals surface area contributed by atoms with Crippen LogP contribution in [0.5, 0.6) is 11.5 Å². The van der Waals surface area contributed by atoms with Crippen LogP contribution in [-0.2, 0) is 0 Å². The van der Waals surface area contributed by atoms with Crippen molar-refractivity contribution in [2.24, 2.45) is 5.92 Å². The van der Waals surface area contributed by atoms with Gasteiger partial charge in [0, 0.05) is 5.69 Å². The smallest absolute Gasteiger partial charge is 0.273 e. The number of H-pyrrole nitrogens is 1. The lowest BCUT2D eigenvalue weighted by Gasteiger charge is -2.21. The van der Waals surface area contributed by atoms with E-state index >= 15 is 0 Å². The van der Waals surface area contributed by atoms with Gasteiger partial charge in [0.15, 0.2) is 17.4 Å². The molecule has 0 saturated heterocycles. The molecule has 3 rings (SSSR count). The van der Waals surface area contributed by atoms with Crippen LogP contribution in [0.3, 0.4) is 0 Å². The normalized spacial score (nSPS) is 11.7. The van der Waals surface area contributed by atoms with E-state index in [-0.39, 0.29) is 23.0 Å². The van der Waals surface area contributed by atoms with Gasteiger partial charge in [0.1, 0.15) is 5.75 Å². The van der Waals surface area contributed by atoms with Crippen LogP contribution in [0.4, 0.5) is 21.6 Å². The minimum atomic E-state index is -0.436. The van der Waals surface area contributed by atoms with Crippen LogP contribution in [0.1, 0.15) is 45.1 Å². The molecule has 0 fully saturated rings. The Labute approximate surface area is 187 Å². The number of unbranched alkanes of at least 4 members (excludes halogenated alkanes) is 1. The number of benzene rings is 2. The van der Waals surface area contributed by atoms with E-state index < -0.39 is 5.82 Å². The third-order valence-electron chi connectivity index (χ3n) is 5.41. The predicted molar refractivity (Wildman–Crippen MR) is 128 cm³/mol. The van der Waals surface area contributed by atoms with E-state index in [0.29, 0.717) is 22.7 Å². The molecule has 0 spiro atoms. The van der Waals surface area contributed by atoms with Crippen molar-refractivity contribution in [1.29, 1.82) is 0 Å². The third-order valence-corrected chi connectivity index (χ3v) is 5.41. The first-order valence-corrected chi connectivity index (χ1v) is 10.8. The number of ether oxygens (including phenoxy) is 1. The van der Waals surface area contributed by atoms with Gasteiger partial charge in [-0.25, -0.2) is 9.49 Å². The second-order valence-corrected chi connectivity index (χ2v) is 7.64. The topological polar surface area (TPSA) is 93.0 Å². The van der Waals surface area contributed by atoms with Crippen LogP contribution in [0.25, 0.3) is 5.57 Å². The Morgan fingerprint density at radius 2 is 1.94 bits per heavy atom. The Bertz CT molecular complexity index is 1130. The second-order valence-electron chi connectivity index (χ2n) is 7.64. The first-order chi connectivity index (χ1) is 15.4. The highest BCUT2D eigenvalue weighted by Crippen LogP contribution is 2.34. The van der Waals surface area contributed by atoms with Crippen LogP contribution in [-0.4, -0.2) is 10.2 Å². The molecule has 32 heavy (non-hydrogen) atoms. The molecule has 6 nitrogen and oxygen atoms in total. The fourth-order valence-corrected chi connectivity index (χ4v) is 3.58. The number of aromatic nitrogens is 2. The largest absolute Gasteiger partial charge is 0.454 e. The molecular formula is C25H29FN4O2. The molecule has 7 heteroatoms. The zero-order chi connectivity index (χ0) is 23.1. The zero-order valence-electron chi connectivity index (χ0n) is 18.5. The molecule has 2 aromatic carbocycles. The van der Waals surface area contributed by atoms with Crippen LogP contribution in [0.2, 0.25) is 0 Å². The molecule has 1 atom stereocenters. The highest BCUT2D eigenvalue weighted by Gasteiger charge is 2.21. The van der Waals surface area contributed by atoms with Gasteiger partial charge in [-0.15, -0.1) is 0 Å². The molecule has 0 bridgehead atoms. The third kappa shape index (κ3) is 5.35. The maximum atomic E-state index is 13.8. The Hall–Kier alpha value is -3.61. The van der Waals surface area contributed by atoms with E-state index in [0.717, 1.165) is 31.3 Å². The molecule has 1 heterocycles. The van der Waals surface area contributed by atoms with Crippen molar-refractivity contribution in [3.63, 3.8) is 0 Å². The molecule has 0 amide bonds. The summed E-state index contributed by atoms with van der Waals surface area (Å²) < 4.78 is 19.4. The molecule has 4 N–H and O–H groups in total. The Balaban J connectivity index is 1.86. The molecule has 0 saturated carbocycles. The molecule has 1 unspecified atom stereocenters. The van der Waals surface area contributed by atoms with Crippen molar-refractivity contribution in [2.45, 2.75) is 39.5 Å². The van der Waals surface area contributed by atoms with E-state index in [1.54, 1.807) is 42.5 Å². The number of hydrogen-bond acceptors (Lipinski definition) is 5. The number of anilines is 3. The highest BCUT2D eigenvalue weighted by atomic mass is 19.1. The maximum absolute atomic E-state index is 13.8. The molecule has 0 aliphatic carbocycles. The monoisotopic (exact) mass is 436 g/mol. The number of nitrogens with two attached hydrogens (primary N) is 1. The summed E-state index contributed by atoms with van der Waals surface area (Å²) in [5, 5.41) is 9.59. The average Bonchev–Trinajstić information content (AvgIpc) is 2.79. The molecule has 168 valence electrons. The van der Waals surface area contributed by atoms with Crippen LogP contribution < -0.4 is 21.3 Å². The van der Waals surface area contributed by atoms with Crippen molar-refractivity contribution in [3.8, 4) is 11.5 Å². The summed E-state index contributed by atoms with van der Waals surface area (Å²) in [5.74, 6) is 0.543. The maximum Gasteiger partial charge on any atom is 0.273 e. The van der Waals surface area contributed by atoms with Gasteiger partial charge in [0.25, 0.3) is 5.56 Å². The molecule has 0 radical (unpaired) electrons. The minimum Gasteiger partial charge on any atom is -0.454 e. The van der Waals surface area contributed by atoms with Gasteiger partial charge >= 0.3 is 0 Å². The average molecular weight is 437 g/mol. The number of allylic oxidation sites excluding steroid dienone is 1. The fraction of sp³-hybridized carbons (Fsp3) is 0.280. The Morgan fingerprint density at radius 1 is 1.22 bits per heavy atom. The SMILES string of the molecule is C=C(c1c(Nc2ccc(Oc3ccccc3F)cc2)c(N)n[nH]c1=O)C(CC)CCCC. The lowest BCUT2D eigenvalue weighted by atomic mass is 9.87. The van der Waals surface area contributed by atoms with Crippen LogP contribution >= 0.6 is 0 Å². The van der Waals surface area contributed by atoms with Crippen molar-refractivity contribution in [1.82, 2.24) is 10.2 Å². The summed E-state index contributed by atoms with van der Waals surface area (Å²) in [4.78, 5) is 12.7. The minimum absolute atomic E-state index is 0.146. The Morgan fingerprint density at radius 3 is 2.59 bits per heavy atom. The Kier molecular flexibility index (Phi) is 7.65. The van der Waals surface area contributed by atoms with Crippen molar-refractivity contribution < 1.29 is 9.13 Å². The van der Waals surface area contributed by atoms with E-state index in [1.807, 2.05) is 0 Å². The van der Waals surface area contributed by atoms with E-state index in [1.165, 1.54) is 6.07 Å². The summed E-state index contributed by atoms with van der Waals surface area (Å²) in [5.41, 5.74) is 8.06. The number of halogens is 1. The molecule has 3 aromatic rings. The standard InChI is InChI=1S/C25H29FN4O2/c1-4-6-9-17(5-2)16(3)22-23(24(27)29-30-25(22)31)28-18-12-14-19(15-13-18)32-21-11-8-7-10-20(21)26/h7-8,10-15,17H,3-6,9H2,1-2H3,(H2,27,29)(H2,28,30,31). The molecular weight excluding hydrogens is 407 g/mol. The van der Waals surface area contributed by atoms with Gasteiger partial charge in [0.05, 0.1) is 11.3 Å². The number of hydrogen-bond donors (Lipinski definition) is 3. The first-order valence-electron chi connectivity index (χ1n) is 10.8. The lowest BCUT2D eigenvalue weighted by molar-refractivity contribution is 0.442. The first kappa shape index (κ1) is 23.1. The van der Waals surface area contributed by atoms with Gasteiger partial charge in [0.2, 0.25) is 0 Å². The summed E-state index contributed by atoms with van der Waals surface area (Å²) in [6, 6.07) is 13.1. The second kappa shape index (κ2) is 10.6. The summed E-state index contributed by atoms with van der Waals surface area (Å²) in [7, 11) is 0. The summed E-state index contributed by atoms with van der Waals surface area (Å²) in [6.07, 6.45) is 3.96. The number of nitrogens with zero attached hydrogens (tertiary/aromatic N) is 1. The van der Waals surface area contributed by atoms with Gasteiger partial charge in [-0.2, -0.15) is 5.10 Å².